The summed E-state index contributed by atoms with van der Waals surface area (Å²) in [6.07, 6.45) is 68.7. The molecular weight excluding hydrogens is 1430 g/mol. The number of unbranched alkanes of at least 4 members (excludes halogenated alkanes) is 18. The van der Waals surface area contributed by atoms with Gasteiger partial charge in [0.2, 0.25) is 0 Å². The maximum absolute atomic E-state index is 4.26. The van der Waals surface area contributed by atoms with Gasteiger partial charge in [-0.15, -0.1) is 30.6 Å². The first-order valence-electron chi connectivity index (χ1n) is 48.8. The smallest absolute Gasteiger partial charge is 0.0827 e. The summed E-state index contributed by atoms with van der Waals surface area (Å²) >= 11 is 0. The average Bonchev–Trinajstić information content (AvgIpc) is 1.78. The highest BCUT2D eigenvalue weighted by Gasteiger charge is 2.11. The van der Waals surface area contributed by atoms with Crippen LogP contribution < -0.4 is 0 Å². The Balaban J connectivity index is 0.000000696. The minimum atomic E-state index is 0.730. The van der Waals surface area contributed by atoms with E-state index in [4.69, 9.17) is 0 Å². The molecule has 6 heterocycles. The van der Waals surface area contributed by atoms with Crippen LogP contribution in [-0.2, 0) is 77.8 Å². The lowest BCUT2D eigenvalue weighted by Crippen LogP contribution is -2.06. The third-order valence-electron chi connectivity index (χ3n) is 21.6. The van der Waals surface area contributed by atoms with E-state index in [-0.39, 0.29) is 0 Å². The fraction of sp³-hybridized carbons (Fsp3) is 0.878. The van der Waals surface area contributed by atoms with Crippen molar-refractivity contribution in [2.24, 2.45) is 71.0 Å². The normalized spacial score (nSPS) is 11.7. The van der Waals surface area contributed by atoms with Crippen LogP contribution in [0.2, 0.25) is 0 Å². The van der Waals surface area contributed by atoms with E-state index in [1.807, 2.05) is 31.1 Å². The minimum absolute atomic E-state index is 0.730. The van der Waals surface area contributed by atoms with Gasteiger partial charge in [0.05, 0.1) is 46.6 Å². The van der Waals surface area contributed by atoms with Crippen LogP contribution in [0.25, 0.3) is 0 Å². The Morgan fingerprint density at radius 2 is 0.397 bits per heavy atom. The molecule has 6 rings (SSSR count). The quantitative estimate of drug-likeness (QED) is 0.0330. The molecule has 0 spiro atoms. The van der Waals surface area contributed by atoms with Gasteiger partial charge in [0, 0.05) is 64.1 Å². The summed E-state index contributed by atoms with van der Waals surface area (Å²) in [5.74, 6) is 9.60. The SMILES string of the molecule is CC(C)CCCCCCCn1nncc1CCC(C)C.CC(C)CCCCCCCn1nncc1CCC(C)C.CC(C)CCCCCCc1cn(CCC(C)C)nn1.CC(C)CCCCCCc1cn(CCC(C)C)nn1.CC(C)CCCCCc1cn(CCCC(C)C)nn1.CC(C)CCCCCc1cn(CCCC(C)C)nn1. The van der Waals surface area contributed by atoms with E-state index in [9.17, 15) is 0 Å². The molecule has 0 radical (unpaired) electrons. The predicted octanol–water partition coefficient (Wildman–Crippen LogP) is 27.6. The number of hydrogen-bond acceptors (Lipinski definition) is 12. The molecule has 672 valence electrons. The minimum Gasteiger partial charge on any atom is -0.252 e. The predicted molar refractivity (Wildman–Crippen MR) is 496 cm³/mol. The first kappa shape index (κ1) is 109. The number of nitrogens with zero attached hydrogens (tertiary/aromatic N) is 18. The van der Waals surface area contributed by atoms with E-state index in [0.29, 0.717) is 0 Å². The number of aromatic nitrogens is 18. The molecule has 0 aliphatic heterocycles. The van der Waals surface area contributed by atoms with Crippen LogP contribution in [0.4, 0.5) is 0 Å². The largest absolute Gasteiger partial charge is 0.252 e. The average molecular weight is 1620 g/mol. The molecule has 6 aromatic rings. The van der Waals surface area contributed by atoms with Crippen molar-refractivity contribution in [1.82, 2.24) is 90.0 Å². The second kappa shape index (κ2) is 71.6. The highest BCUT2D eigenvalue weighted by atomic mass is 15.4. The van der Waals surface area contributed by atoms with Gasteiger partial charge in [0.25, 0.3) is 0 Å². The van der Waals surface area contributed by atoms with Gasteiger partial charge in [-0.25, -0.2) is 9.36 Å². The van der Waals surface area contributed by atoms with Crippen molar-refractivity contribution in [2.45, 2.75) is 488 Å². The lowest BCUT2D eigenvalue weighted by atomic mass is 10.0. The molecule has 116 heavy (non-hydrogen) atoms. The Morgan fingerprint density at radius 3 is 0.647 bits per heavy atom. The van der Waals surface area contributed by atoms with E-state index < -0.39 is 0 Å². The Kier molecular flexibility index (Phi) is 67.2. The molecule has 0 saturated heterocycles. The van der Waals surface area contributed by atoms with Gasteiger partial charge in [0.15, 0.2) is 0 Å². The van der Waals surface area contributed by atoms with E-state index in [1.165, 1.54) is 255 Å². The van der Waals surface area contributed by atoms with Crippen LogP contribution in [0.3, 0.4) is 0 Å². The van der Waals surface area contributed by atoms with E-state index in [2.05, 4.69) is 262 Å². The molecule has 6 aromatic heterocycles. The fourth-order valence-electron chi connectivity index (χ4n) is 13.7. The van der Waals surface area contributed by atoms with Gasteiger partial charge < -0.3 is 0 Å². The van der Waals surface area contributed by atoms with Crippen LogP contribution in [0.5, 0.6) is 0 Å². The first-order valence-corrected chi connectivity index (χ1v) is 48.8. The summed E-state index contributed by atoms with van der Waals surface area (Å²) < 4.78 is 12.2. The zero-order valence-corrected chi connectivity index (χ0v) is 80.8. The summed E-state index contributed by atoms with van der Waals surface area (Å²) in [7, 11) is 0. The Labute approximate surface area is 716 Å². The van der Waals surface area contributed by atoms with Crippen molar-refractivity contribution in [3.05, 3.63) is 71.3 Å². The molecule has 0 fully saturated rings. The van der Waals surface area contributed by atoms with E-state index >= 15 is 0 Å². The standard InChI is InChI=1S/2C17H33N3.4C16H31N3/c2*1-15(2)10-8-6-5-7-9-13-20-17(14-18-19-20)12-11-16(3)4;2*1-14(2)9-6-5-7-11-16-13-19(18-17-16)12-8-10-15(3)4;2*1-14(2)9-7-5-6-8-10-16-13-19(18-17-16)12-11-15(3)4/h2*14-16H,5-13H2,1-4H3;4*13-15H,5-12H2,1-4H3. The van der Waals surface area contributed by atoms with Crippen molar-refractivity contribution in [3.63, 3.8) is 0 Å². The molecule has 0 amide bonds. The van der Waals surface area contributed by atoms with Crippen LogP contribution in [-0.4, -0.2) is 90.0 Å². The summed E-state index contributed by atoms with van der Waals surface area (Å²) in [5, 5.41) is 50.4. The van der Waals surface area contributed by atoms with Crippen molar-refractivity contribution in [3.8, 4) is 0 Å². The van der Waals surface area contributed by atoms with Crippen molar-refractivity contribution >= 4 is 0 Å². The van der Waals surface area contributed by atoms with Crippen molar-refractivity contribution < 1.29 is 0 Å². The molecule has 0 unspecified atom stereocenters. The fourth-order valence-corrected chi connectivity index (χ4v) is 13.7. The van der Waals surface area contributed by atoms with Gasteiger partial charge in [-0.1, -0.05) is 352 Å². The summed E-state index contributed by atoms with van der Waals surface area (Å²) in [5.41, 5.74) is 7.25. The third-order valence-corrected chi connectivity index (χ3v) is 21.6. The first-order chi connectivity index (χ1) is 55.5. The molecule has 0 aliphatic rings. The number of aryl methyl sites for hydroxylation is 12. The van der Waals surface area contributed by atoms with Crippen LogP contribution in [0.15, 0.2) is 37.2 Å². The maximum Gasteiger partial charge on any atom is 0.0827 e. The lowest BCUT2D eigenvalue weighted by molar-refractivity contribution is 0.477. The summed E-state index contributed by atoms with van der Waals surface area (Å²) in [4.78, 5) is 0. The monoisotopic (exact) mass is 1620 g/mol. The van der Waals surface area contributed by atoms with Gasteiger partial charge in [-0.2, -0.15) is 0 Å². The molecule has 0 saturated carbocycles. The zero-order chi connectivity index (χ0) is 85.9. The molecule has 0 bridgehead atoms. The highest BCUT2D eigenvalue weighted by Crippen LogP contribution is 2.20. The van der Waals surface area contributed by atoms with Crippen LogP contribution >= 0.6 is 0 Å². The molecular formula is C98H190N18. The van der Waals surface area contributed by atoms with Gasteiger partial charge in [-0.3, -0.25) is 18.7 Å². The highest BCUT2D eigenvalue weighted by molar-refractivity contribution is 4.97. The topological polar surface area (TPSA) is 184 Å². The van der Waals surface area contributed by atoms with Gasteiger partial charge in [0.1, 0.15) is 0 Å². The summed E-state index contributed by atoms with van der Waals surface area (Å²) in [6.45, 7) is 60.8. The van der Waals surface area contributed by atoms with Crippen molar-refractivity contribution in [2.75, 3.05) is 0 Å². The summed E-state index contributed by atoms with van der Waals surface area (Å²) in [6, 6.07) is 0. The zero-order valence-electron chi connectivity index (χ0n) is 80.8. The molecule has 18 nitrogen and oxygen atoms in total. The van der Waals surface area contributed by atoms with E-state index in [0.717, 1.165) is 172 Å². The second-order valence-electron chi connectivity index (χ2n) is 39.7. The van der Waals surface area contributed by atoms with E-state index in [1.54, 1.807) is 0 Å². The second-order valence-corrected chi connectivity index (χ2v) is 39.7. The Hall–Kier alpha value is -5.16. The van der Waals surface area contributed by atoms with Crippen LogP contribution in [0, 0.1) is 71.0 Å². The number of rotatable bonds is 62. The van der Waals surface area contributed by atoms with Crippen LogP contribution in [0.1, 0.15) is 444 Å². The molecule has 0 aromatic carbocycles. The molecule has 18 heteroatoms. The molecule has 0 N–H and O–H groups in total. The Morgan fingerprint density at radius 1 is 0.190 bits per heavy atom. The molecule has 0 aliphatic carbocycles. The van der Waals surface area contributed by atoms with Crippen molar-refractivity contribution in [1.29, 1.82) is 0 Å². The van der Waals surface area contributed by atoms with Gasteiger partial charge in [-0.05, 0) is 199 Å². The lowest BCUT2D eigenvalue weighted by Gasteiger charge is -2.08. The maximum atomic E-state index is 4.26. The third kappa shape index (κ3) is 67.6. The Bertz CT molecular complexity index is 2830. The molecule has 0 atom stereocenters. The number of hydrogen-bond donors (Lipinski definition) is 0. The van der Waals surface area contributed by atoms with Gasteiger partial charge >= 0.3 is 0 Å².